The maximum Gasteiger partial charge on any atom is 0.269 e. The van der Waals surface area contributed by atoms with Crippen molar-refractivity contribution in [1.82, 2.24) is 4.31 Å². The standard InChI is InChI=1S/C15H15FN2O4S/c1-11(12-5-3-7-14(9-12)18(19)20)17(2)23(21,22)15-8-4-6-13(16)10-15/h3-11H,1-2H3. The first-order chi connectivity index (χ1) is 10.7. The Morgan fingerprint density at radius 2 is 1.83 bits per heavy atom. The number of nitro groups is 1. The van der Waals surface area contributed by atoms with Crippen LogP contribution in [0.15, 0.2) is 53.4 Å². The largest absolute Gasteiger partial charge is 0.269 e. The zero-order valence-electron chi connectivity index (χ0n) is 12.5. The van der Waals surface area contributed by atoms with Crippen molar-refractivity contribution in [3.63, 3.8) is 0 Å². The predicted octanol–water partition coefficient (Wildman–Crippen LogP) is 3.12. The van der Waals surface area contributed by atoms with E-state index >= 15 is 0 Å². The van der Waals surface area contributed by atoms with E-state index in [1.807, 2.05) is 0 Å². The highest BCUT2D eigenvalue weighted by Crippen LogP contribution is 2.27. The Hall–Kier alpha value is -2.32. The first-order valence-corrected chi connectivity index (χ1v) is 8.15. The van der Waals surface area contributed by atoms with Gasteiger partial charge in [-0.3, -0.25) is 10.1 Å². The first kappa shape index (κ1) is 17.0. The second kappa shape index (κ2) is 6.43. The van der Waals surface area contributed by atoms with Crippen LogP contribution in [0.2, 0.25) is 0 Å². The van der Waals surface area contributed by atoms with Gasteiger partial charge in [0.15, 0.2) is 0 Å². The fourth-order valence-electron chi connectivity index (χ4n) is 2.11. The van der Waals surface area contributed by atoms with E-state index in [1.165, 1.54) is 37.4 Å². The molecule has 8 heteroatoms. The van der Waals surface area contributed by atoms with Gasteiger partial charge in [-0.05, 0) is 30.7 Å². The molecule has 0 aromatic heterocycles. The van der Waals surface area contributed by atoms with Crippen molar-refractivity contribution in [2.45, 2.75) is 17.9 Å². The molecule has 0 heterocycles. The van der Waals surface area contributed by atoms with Crippen LogP contribution in [-0.4, -0.2) is 24.7 Å². The van der Waals surface area contributed by atoms with Crippen LogP contribution in [0.25, 0.3) is 0 Å². The van der Waals surface area contributed by atoms with Crippen LogP contribution in [-0.2, 0) is 10.0 Å². The summed E-state index contributed by atoms with van der Waals surface area (Å²) in [6, 6.07) is 9.81. The van der Waals surface area contributed by atoms with Gasteiger partial charge < -0.3 is 0 Å². The van der Waals surface area contributed by atoms with Gasteiger partial charge >= 0.3 is 0 Å². The Bertz CT molecular complexity index is 839. The van der Waals surface area contributed by atoms with Crippen molar-refractivity contribution < 1.29 is 17.7 Å². The molecule has 2 aromatic carbocycles. The van der Waals surface area contributed by atoms with Crippen LogP contribution >= 0.6 is 0 Å². The highest BCUT2D eigenvalue weighted by Gasteiger charge is 2.27. The molecule has 2 aromatic rings. The third-order valence-electron chi connectivity index (χ3n) is 3.58. The maximum absolute atomic E-state index is 13.3. The minimum atomic E-state index is -3.92. The molecular formula is C15H15FN2O4S. The monoisotopic (exact) mass is 338 g/mol. The Labute approximate surface area is 133 Å². The molecule has 1 atom stereocenters. The summed E-state index contributed by atoms with van der Waals surface area (Å²) >= 11 is 0. The second-order valence-corrected chi connectivity index (χ2v) is 7.00. The van der Waals surface area contributed by atoms with Gasteiger partial charge in [0, 0.05) is 25.2 Å². The zero-order chi connectivity index (χ0) is 17.2. The number of hydrogen-bond donors (Lipinski definition) is 0. The Balaban J connectivity index is 2.37. The number of nitro benzene ring substituents is 1. The molecule has 0 saturated carbocycles. The highest BCUT2D eigenvalue weighted by atomic mass is 32.2. The molecule has 0 bridgehead atoms. The topological polar surface area (TPSA) is 80.5 Å². The van der Waals surface area contributed by atoms with E-state index in [1.54, 1.807) is 13.0 Å². The molecule has 0 amide bonds. The lowest BCUT2D eigenvalue weighted by atomic mass is 10.1. The molecule has 0 aliphatic carbocycles. The zero-order valence-corrected chi connectivity index (χ0v) is 13.3. The van der Waals surface area contributed by atoms with Gasteiger partial charge in [-0.25, -0.2) is 12.8 Å². The lowest BCUT2D eigenvalue weighted by Gasteiger charge is -2.24. The van der Waals surface area contributed by atoms with Crippen LogP contribution in [0.5, 0.6) is 0 Å². The summed E-state index contributed by atoms with van der Waals surface area (Å²) in [4.78, 5) is 10.1. The first-order valence-electron chi connectivity index (χ1n) is 6.71. The predicted molar refractivity (Wildman–Crippen MR) is 82.9 cm³/mol. The van der Waals surface area contributed by atoms with E-state index in [4.69, 9.17) is 0 Å². The van der Waals surface area contributed by atoms with Gasteiger partial charge in [-0.2, -0.15) is 4.31 Å². The van der Waals surface area contributed by atoms with Crippen molar-refractivity contribution >= 4 is 15.7 Å². The van der Waals surface area contributed by atoms with Crippen molar-refractivity contribution in [2.75, 3.05) is 7.05 Å². The number of benzene rings is 2. The van der Waals surface area contributed by atoms with Crippen LogP contribution in [0.4, 0.5) is 10.1 Å². The summed E-state index contributed by atoms with van der Waals surface area (Å²) in [5, 5.41) is 10.8. The van der Waals surface area contributed by atoms with E-state index in [0.29, 0.717) is 5.56 Å². The maximum atomic E-state index is 13.3. The second-order valence-electron chi connectivity index (χ2n) is 5.01. The van der Waals surface area contributed by atoms with Crippen molar-refractivity contribution in [3.8, 4) is 0 Å². The van der Waals surface area contributed by atoms with E-state index < -0.39 is 26.8 Å². The van der Waals surface area contributed by atoms with Crippen LogP contribution in [0, 0.1) is 15.9 Å². The lowest BCUT2D eigenvalue weighted by Crippen LogP contribution is -2.29. The van der Waals surface area contributed by atoms with Crippen LogP contribution in [0.3, 0.4) is 0 Å². The van der Waals surface area contributed by atoms with Crippen molar-refractivity contribution in [3.05, 3.63) is 70.0 Å². The Morgan fingerprint density at radius 1 is 1.17 bits per heavy atom. The summed E-state index contributed by atoms with van der Waals surface area (Å²) in [7, 11) is -2.57. The molecule has 0 spiro atoms. The average Bonchev–Trinajstić information content (AvgIpc) is 2.53. The van der Waals surface area contributed by atoms with Gasteiger partial charge in [-0.1, -0.05) is 18.2 Å². The summed E-state index contributed by atoms with van der Waals surface area (Å²) in [5.41, 5.74) is 0.354. The van der Waals surface area contributed by atoms with Gasteiger partial charge in [0.1, 0.15) is 5.82 Å². The van der Waals surface area contributed by atoms with Gasteiger partial charge in [0.05, 0.1) is 9.82 Å². The van der Waals surface area contributed by atoms with E-state index in [0.717, 1.165) is 16.4 Å². The summed E-state index contributed by atoms with van der Waals surface area (Å²) in [5.74, 6) is -0.650. The summed E-state index contributed by atoms with van der Waals surface area (Å²) in [6.07, 6.45) is 0. The molecule has 6 nitrogen and oxygen atoms in total. The van der Waals surface area contributed by atoms with Crippen LogP contribution < -0.4 is 0 Å². The number of hydrogen-bond acceptors (Lipinski definition) is 4. The molecule has 122 valence electrons. The number of rotatable bonds is 5. The molecule has 1 unspecified atom stereocenters. The fraction of sp³-hybridized carbons (Fsp3) is 0.200. The van der Waals surface area contributed by atoms with E-state index in [2.05, 4.69) is 0 Å². The minimum absolute atomic E-state index is 0.120. The molecular weight excluding hydrogens is 323 g/mol. The third-order valence-corrected chi connectivity index (χ3v) is 5.51. The number of nitrogens with zero attached hydrogens (tertiary/aromatic N) is 2. The summed E-state index contributed by atoms with van der Waals surface area (Å²) < 4.78 is 39.4. The third kappa shape index (κ3) is 3.54. The average molecular weight is 338 g/mol. The van der Waals surface area contributed by atoms with Crippen molar-refractivity contribution in [2.24, 2.45) is 0 Å². The van der Waals surface area contributed by atoms with Crippen LogP contribution in [0.1, 0.15) is 18.5 Å². The lowest BCUT2D eigenvalue weighted by molar-refractivity contribution is -0.384. The minimum Gasteiger partial charge on any atom is -0.258 e. The van der Waals surface area contributed by atoms with Gasteiger partial charge in [0.2, 0.25) is 10.0 Å². The molecule has 2 rings (SSSR count). The van der Waals surface area contributed by atoms with Crippen molar-refractivity contribution in [1.29, 1.82) is 0 Å². The number of non-ortho nitro benzene ring substituents is 1. The fourth-order valence-corrected chi connectivity index (χ4v) is 3.49. The highest BCUT2D eigenvalue weighted by molar-refractivity contribution is 7.89. The number of halogens is 1. The Morgan fingerprint density at radius 3 is 2.43 bits per heavy atom. The molecule has 0 N–H and O–H groups in total. The molecule has 0 saturated heterocycles. The molecule has 0 aliphatic rings. The molecule has 0 aliphatic heterocycles. The molecule has 0 radical (unpaired) electrons. The quantitative estimate of drug-likeness (QED) is 0.620. The summed E-state index contributed by atoms with van der Waals surface area (Å²) in [6.45, 7) is 1.61. The Kier molecular flexibility index (Phi) is 4.76. The SMILES string of the molecule is CC(c1cccc([N+](=O)[O-])c1)N(C)S(=O)(=O)c1cccc(F)c1. The number of sulfonamides is 1. The van der Waals surface area contributed by atoms with Gasteiger partial charge in [-0.15, -0.1) is 0 Å². The van der Waals surface area contributed by atoms with E-state index in [9.17, 15) is 22.9 Å². The molecule has 23 heavy (non-hydrogen) atoms. The van der Waals surface area contributed by atoms with E-state index in [-0.39, 0.29) is 10.6 Å². The van der Waals surface area contributed by atoms with Gasteiger partial charge in [0.25, 0.3) is 5.69 Å². The molecule has 0 fully saturated rings. The normalized spacial score (nSPS) is 13.0. The smallest absolute Gasteiger partial charge is 0.258 e.